The van der Waals surface area contributed by atoms with Crippen LogP contribution in [0.2, 0.25) is 0 Å². The summed E-state index contributed by atoms with van der Waals surface area (Å²) in [7, 11) is 0. The standard InChI is InChI=1S/C34H39N3O/c1-32(2,3)30-18-23(29(19-35)36-6)17-26(38-30)12-11-22-15-27-31-28(16-22)34(5)14-8-10-25(34)21-37(31)20-24-9-7-13-33(24,27)4/h11-12,15-18,24-25H,7-10,13-14,20-21H2,1-5H3/b12-11+,29-23+. The summed E-state index contributed by atoms with van der Waals surface area (Å²) in [5.41, 5.74) is 6.89. The summed E-state index contributed by atoms with van der Waals surface area (Å²) < 4.78 is 6.30. The quantitative estimate of drug-likeness (QED) is 0.300. The fraction of sp³-hybridized carbons (Fsp3) is 0.529. The highest BCUT2D eigenvalue weighted by Gasteiger charge is 2.53. The van der Waals surface area contributed by atoms with Crippen molar-refractivity contribution in [3.8, 4) is 6.07 Å². The lowest BCUT2D eigenvalue weighted by Gasteiger charge is -2.53. The molecule has 2 saturated carbocycles. The first kappa shape index (κ1) is 25.1. The van der Waals surface area contributed by atoms with E-state index in [2.05, 4.69) is 68.6 Å². The molecule has 0 aromatic heterocycles. The lowest BCUT2D eigenvalue weighted by Crippen LogP contribution is -2.52. The van der Waals surface area contributed by atoms with Gasteiger partial charge in [-0.05, 0) is 101 Å². The molecule has 2 aliphatic carbocycles. The fourth-order valence-electron chi connectivity index (χ4n) is 7.97. The van der Waals surface area contributed by atoms with Crippen molar-refractivity contribution in [1.82, 2.24) is 0 Å². The molecule has 196 valence electrons. The maximum atomic E-state index is 9.51. The summed E-state index contributed by atoms with van der Waals surface area (Å²) in [5.74, 6) is 2.92. The van der Waals surface area contributed by atoms with Crippen molar-refractivity contribution in [2.75, 3.05) is 18.0 Å². The molecule has 38 heavy (non-hydrogen) atoms. The van der Waals surface area contributed by atoms with Crippen LogP contribution in [0, 0.1) is 35.2 Å². The molecule has 0 spiro atoms. The normalized spacial score (nSPS) is 32.9. The third kappa shape index (κ3) is 3.76. The predicted octanol–water partition coefficient (Wildman–Crippen LogP) is 8.19. The van der Waals surface area contributed by atoms with Gasteiger partial charge in [-0.25, -0.2) is 10.1 Å². The van der Waals surface area contributed by atoms with E-state index in [4.69, 9.17) is 11.3 Å². The number of hydrogen-bond donors (Lipinski definition) is 0. The van der Waals surface area contributed by atoms with Gasteiger partial charge in [0.2, 0.25) is 0 Å². The second-order valence-corrected chi connectivity index (χ2v) is 13.7. The van der Waals surface area contributed by atoms with E-state index >= 15 is 0 Å². The molecule has 0 amide bonds. The number of nitrogens with zero attached hydrogens (tertiary/aromatic N) is 3. The summed E-state index contributed by atoms with van der Waals surface area (Å²) in [6.07, 6.45) is 15.8. The third-order valence-electron chi connectivity index (χ3n) is 10.3. The van der Waals surface area contributed by atoms with Crippen LogP contribution in [0.3, 0.4) is 0 Å². The largest absolute Gasteiger partial charge is 0.461 e. The summed E-state index contributed by atoms with van der Waals surface area (Å²) >= 11 is 0. The molecule has 4 nitrogen and oxygen atoms in total. The van der Waals surface area contributed by atoms with Crippen LogP contribution in [0.1, 0.15) is 89.8 Å². The second-order valence-electron chi connectivity index (χ2n) is 13.7. The van der Waals surface area contributed by atoms with Crippen molar-refractivity contribution in [3.63, 3.8) is 0 Å². The number of hydrogen-bond acceptors (Lipinski definition) is 3. The molecule has 3 aliphatic heterocycles. The van der Waals surface area contributed by atoms with Crippen LogP contribution in [-0.2, 0) is 15.6 Å². The van der Waals surface area contributed by atoms with E-state index in [0.717, 1.165) is 17.6 Å². The summed E-state index contributed by atoms with van der Waals surface area (Å²) in [6, 6.07) is 6.97. The molecule has 1 aromatic rings. The first-order valence-electron chi connectivity index (χ1n) is 14.3. The Bertz CT molecular complexity index is 1340. The summed E-state index contributed by atoms with van der Waals surface area (Å²) in [5, 5.41) is 9.51. The Kier molecular flexibility index (Phi) is 5.70. The van der Waals surface area contributed by atoms with Gasteiger partial charge < -0.3 is 9.64 Å². The Labute approximate surface area is 228 Å². The molecule has 5 aliphatic rings. The van der Waals surface area contributed by atoms with E-state index in [1.807, 2.05) is 18.2 Å². The average molecular weight is 506 g/mol. The zero-order valence-corrected chi connectivity index (χ0v) is 23.5. The molecule has 4 unspecified atom stereocenters. The molecule has 0 radical (unpaired) electrons. The van der Waals surface area contributed by atoms with E-state index in [9.17, 15) is 5.26 Å². The van der Waals surface area contributed by atoms with Crippen molar-refractivity contribution in [2.24, 2.45) is 17.3 Å². The lowest BCUT2D eigenvalue weighted by atomic mass is 9.63. The van der Waals surface area contributed by atoms with Gasteiger partial charge in [-0.15, -0.1) is 0 Å². The molecule has 4 heteroatoms. The Morgan fingerprint density at radius 3 is 2.18 bits per heavy atom. The number of fused-ring (bicyclic) bond motifs is 4. The maximum absolute atomic E-state index is 9.51. The topological polar surface area (TPSA) is 40.6 Å². The zero-order valence-electron chi connectivity index (χ0n) is 23.5. The minimum Gasteiger partial charge on any atom is -0.461 e. The van der Waals surface area contributed by atoms with Crippen LogP contribution >= 0.6 is 0 Å². The van der Waals surface area contributed by atoms with Crippen molar-refractivity contribution in [3.05, 3.63) is 81.3 Å². The molecule has 4 atom stereocenters. The molecule has 6 rings (SSSR count). The van der Waals surface area contributed by atoms with E-state index in [1.165, 1.54) is 57.2 Å². The van der Waals surface area contributed by atoms with Gasteiger partial charge in [-0.1, -0.05) is 53.5 Å². The first-order chi connectivity index (χ1) is 18.1. The second kappa shape index (κ2) is 8.64. The highest BCUT2D eigenvalue weighted by Crippen LogP contribution is 2.60. The SMILES string of the molecule is [C-]#[N+]/C(C#N)=C1C=C(/C=C/c2cc3c4c(c2)C2(C)CCCC2CN4CC2CCCC32C)OC(C(C)(C)C)=C\1. The Balaban J connectivity index is 1.45. The number of ether oxygens (including phenoxy) is 1. The number of benzene rings is 1. The number of nitriles is 1. The van der Waals surface area contributed by atoms with Gasteiger partial charge in [0.25, 0.3) is 5.70 Å². The first-order valence-corrected chi connectivity index (χ1v) is 14.3. The van der Waals surface area contributed by atoms with Crippen LogP contribution in [0.15, 0.2) is 53.1 Å². The summed E-state index contributed by atoms with van der Waals surface area (Å²) in [6.45, 7) is 21.2. The van der Waals surface area contributed by atoms with Gasteiger partial charge in [0.1, 0.15) is 11.5 Å². The number of anilines is 1. The van der Waals surface area contributed by atoms with Gasteiger partial charge in [-0.2, -0.15) is 0 Å². The maximum Gasteiger partial charge on any atom is 0.269 e. The molecule has 0 N–H and O–H groups in total. The molecule has 0 saturated heterocycles. The predicted molar refractivity (Wildman–Crippen MR) is 153 cm³/mol. The van der Waals surface area contributed by atoms with Crippen LogP contribution in [0.25, 0.3) is 10.9 Å². The van der Waals surface area contributed by atoms with Crippen LogP contribution < -0.4 is 4.90 Å². The highest BCUT2D eigenvalue weighted by atomic mass is 16.5. The number of rotatable bonds is 2. The van der Waals surface area contributed by atoms with E-state index < -0.39 is 0 Å². The van der Waals surface area contributed by atoms with Crippen molar-refractivity contribution in [1.29, 1.82) is 5.26 Å². The zero-order chi connectivity index (χ0) is 26.9. The third-order valence-corrected chi connectivity index (χ3v) is 10.3. The van der Waals surface area contributed by atoms with E-state index in [0.29, 0.717) is 11.3 Å². The molecular formula is C34H39N3O. The minimum absolute atomic E-state index is 0.0969. The lowest BCUT2D eigenvalue weighted by molar-refractivity contribution is 0.223. The highest BCUT2D eigenvalue weighted by molar-refractivity contribution is 5.73. The Morgan fingerprint density at radius 1 is 1.05 bits per heavy atom. The Hall–Kier alpha value is -3.24. The van der Waals surface area contributed by atoms with Gasteiger partial charge >= 0.3 is 0 Å². The van der Waals surface area contributed by atoms with Crippen molar-refractivity contribution in [2.45, 2.75) is 84.0 Å². The van der Waals surface area contributed by atoms with Crippen LogP contribution in [-0.4, -0.2) is 13.1 Å². The molecule has 3 heterocycles. The minimum atomic E-state index is -0.237. The van der Waals surface area contributed by atoms with Crippen molar-refractivity contribution >= 4 is 11.8 Å². The number of allylic oxidation sites excluding steroid dienone is 6. The molecule has 0 bridgehead atoms. The summed E-state index contributed by atoms with van der Waals surface area (Å²) in [4.78, 5) is 6.21. The fourth-order valence-corrected chi connectivity index (χ4v) is 7.97. The smallest absolute Gasteiger partial charge is 0.269 e. The van der Waals surface area contributed by atoms with Crippen LogP contribution in [0.4, 0.5) is 5.69 Å². The van der Waals surface area contributed by atoms with Crippen LogP contribution in [0.5, 0.6) is 0 Å². The van der Waals surface area contributed by atoms with Gasteiger partial charge in [0, 0.05) is 24.2 Å². The van der Waals surface area contributed by atoms with Gasteiger partial charge in [0.05, 0.1) is 12.6 Å². The average Bonchev–Trinajstić information content (AvgIpc) is 3.46. The van der Waals surface area contributed by atoms with Crippen molar-refractivity contribution < 1.29 is 4.74 Å². The molecule has 2 fully saturated rings. The van der Waals surface area contributed by atoms with E-state index in [1.54, 1.807) is 16.8 Å². The molecular weight excluding hydrogens is 466 g/mol. The molecule has 1 aromatic carbocycles. The van der Waals surface area contributed by atoms with E-state index in [-0.39, 0.29) is 21.9 Å². The monoisotopic (exact) mass is 505 g/mol. The van der Waals surface area contributed by atoms with Gasteiger partial charge in [-0.3, -0.25) is 0 Å². The Morgan fingerprint density at radius 2 is 1.66 bits per heavy atom. The van der Waals surface area contributed by atoms with Gasteiger partial charge in [0.15, 0.2) is 0 Å².